The van der Waals surface area contributed by atoms with Gasteiger partial charge in [0.15, 0.2) is 17.5 Å². The summed E-state index contributed by atoms with van der Waals surface area (Å²) < 4.78 is 0. The number of nitrogens with zero attached hydrogens (tertiary/aromatic N) is 3. The van der Waals surface area contributed by atoms with E-state index in [0.717, 1.165) is 40.7 Å². The Labute approximate surface area is 338 Å². The molecular formula is C55H39N3. The summed E-state index contributed by atoms with van der Waals surface area (Å²) in [5.74, 6) is 1.94. The first-order chi connectivity index (χ1) is 28.7. The predicted molar refractivity (Wildman–Crippen MR) is 241 cm³/mol. The minimum atomic E-state index is -0.524. The molecule has 0 fully saturated rings. The molecule has 3 nitrogen and oxygen atoms in total. The van der Waals surface area contributed by atoms with Crippen LogP contribution in [0.15, 0.2) is 200 Å². The van der Waals surface area contributed by atoms with Crippen molar-refractivity contribution < 1.29 is 0 Å². The number of fused-ring (bicyclic) bond motifs is 11. The summed E-state index contributed by atoms with van der Waals surface area (Å²) in [6, 6.07) is 54.0. The SMILES string of the molecule is C=CC1=C(/C=C\C)c2ccc(-c3ccccc3-c3nc(-c4ccccc4)nc(-c4ccccc4)n3)cc2C12C1=C(C=CCC1)c1c2c2ccccc2c2ccccc12. The largest absolute Gasteiger partial charge is 0.208 e. The van der Waals surface area contributed by atoms with E-state index in [9.17, 15) is 0 Å². The van der Waals surface area contributed by atoms with Crippen LogP contribution in [0, 0.1) is 0 Å². The standard InChI is InChI=1S/C55H39N3/c1-3-19-41-42-33-32-37(38-24-11-16-29-45(38)54-57-52(35-20-7-5-8-21-35)56-53(58-54)36-22-9-6-10-23-36)34-49(42)55(47(41)4-2)48-31-18-17-30-46(48)50-43-27-14-12-25-39(43)40-26-13-15-28-44(40)51(50)55/h3-17,19-30,32-34H,2,18,31H2,1H3/b19-3-. The Morgan fingerprint density at radius 1 is 0.569 bits per heavy atom. The molecule has 7 aromatic carbocycles. The summed E-state index contributed by atoms with van der Waals surface area (Å²) >= 11 is 0. The maximum atomic E-state index is 5.17. The molecule has 0 radical (unpaired) electrons. The molecule has 11 rings (SSSR count). The van der Waals surface area contributed by atoms with Crippen molar-refractivity contribution in [1.82, 2.24) is 15.0 Å². The van der Waals surface area contributed by atoms with Crippen LogP contribution in [0.25, 0.3) is 78.0 Å². The van der Waals surface area contributed by atoms with E-state index in [1.807, 2.05) is 36.4 Å². The topological polar surface area (TPSA) is 38.7 Å². The molecule has 1 heterocycles. The lowest BCUT2D eigenvalue weighted by Crippen LogP contribution is -2.29. The van der Waals surface area contributed by atoms with E-state index in [2.05, 4.69) is 159 Å². The fourth-order valence-corrected chi connectivity index (χ4v) is 10.1. The van der Waals surface area contributed by atoms with Gasteiger partial charge in [0.1, 0.15) is 0 Å². The zero-order valence-corrected chi connectivity index (χ0v) is 32.3. The molecule has 0 aliphatic heterocycles. The zero-order valence-electron chi connectivity index (χ0n) is 32.3. The molecule has 3 aliphatic rings. The number of hydrogen-bond acceptors (Lipinski definition) is 3. The predicted octanol–water partition coefficient (Wildman–Crippen LogP) is 13.8. The molecule has 0 saturated heterocycles. The van der Waals surface area contributed by atoms with Gasteiger partial charge in [-0.05, 0) is 103 Å². The van der Waals surface area contributed by atoms with Crippen LogP contribution >= 0.6 is 0 Å². The molecule has 274 valence electrons. The minimum absolute atomic E-state index is 0.524. The van der Waals surface area contributed by atoms with Crippen LogP contribution in [0.1, 0.15) is 42.0 Å². The van der Waals surface area contributed by atoms with Crippen LogP contribution in [0.2, 0.25) is 0 Å². The van der Waals surface area contributed by atoms with Crippen molar-refractivity contribution in [2.75, 3.05) is 0 Å². The van der Waals surface area contributed by atoms with Gasteiger partial charge in [-0.2, -0.15) is 0 Å². The lowest BCUT2D eigenvalue weighted by atomic mass is 9.65. The highest BCUT2D eigenvalue weighted by Crippen LogP contribution is 2.65. The van der Waals surface area contributed by atoms with Crippen molar-refractivity contribution in [3.8, 4) is 45.3 Å². The molecule has 0 N–H and O–H groups in total. The van der Waals surface area contributed by atoms with E-state index >= 15 is 0 Å². The fraction of sp³-hybridized carbons (Fsp3) is 0.0727. The molecule has 0 bridgehead atoms. The van der Waals surface area contributed by atoms with Gasteiger partial charge in [-0.25, -0.2) is 15.0 Å². The summed E-state index contributed by atoms with van der Waals surface area (Å²) in [6.45, 7) is 6.69. The van der Waals surface area contributed by atoms with Crippen molar-refractivity contribution in [3.63, 3.8) is 0 Å². The molecular weight excluding hydrogens is 703 g/mol. The van der Waals surface area contributed by atoms with Crippen LogP contribution in [0.5, 0.6) is 0 Å². The van der Waals surface area contributed by atoms with Crippen molar-refractivity contribution in [1.29, 1.82) is 0 Å². The molecule has 1 atom stereocenters. The van der Waals surface area contributed by atoms with Crippen molar-refractivity contribution >= 4 is 32.7 Å². The maximum absolute atomic E-state index is 5.17. The minimum Gasteiger partial charge on any atom is -0.208 e. The first-order valence-corrected chi connectivity index (χ1v) is 20.2. The number of rotatable bonds is 6. The van der Waals surface area contributed by atoms with Gasteiger partial charge >= 0.3 is 0 Å². The van der Waals surface area contributed by atoms with Crippen molar-refractivity contribution in [2.24, 2.45) is 0 Å². The Hall–Kier alpha value is -7.23. The normalized spacial score (nSPS) is 16.8. The number of allylic oxidation sites excluding steroid dienone is 9. The van der Waals surface area contributed by atoms with Gasteiger partial charge in [0.2, 0.25) is 0 Å². The summed E-state index contributed by atoms with van der Waals surface area (Å²) in [6.07, 6.45) is 13.3. The van der Waals surface area contributed by atoms with Crippen molar-refractivity contribution in [3.05, 3.63) is 222 Å². The lowest BCUT2D eigenvalue weighted by molar-refractivity contribution is 0.715. The Kier molecular flexibility index (Phi) is 7.90. The average molecular weight is 742 g/mol. The molecule has 8 aromatic rings. The average Bonchev–Trinajstić information content (AvgIpc) is 3.76. The van der Waals surface area contributed by atoms with E-state index in [1.165, 1.54) is 66.1 Å². The third-order valence-electron chi connectivity index (χ3n) is 12.3. The molecule has 0 saturated carbocycles. The molecule has 3 aliphatic carbocycles. The Bertz CT molecular complexity index is 3070. The third-order valence-corrected chi connectivity index (χ3v) is 12.3. The van der Waals surface area contributed by atoms with Crippen LogP contribution in [0.3, 0.4) is 0 Å². The Morgan fingerprint density at radius 3 is 1.83 bits per heavy atom. The lowest BCUT2D eigenvalue weighted by Gasteiger charge is -2.35. The quantitative estimate of drug-likeness (QED) is 0.159. The second kappa shape index (κ2) is 13.5. The summed E-state index contributed by atoms with van der Waals surface area (Å²) in [7, 11) is 0. The second-order valence-electron chi connectivity index (χ2n) is 15.3. The highest BCUT2D eigenvalue weighted by molar-refractivity contribution is 6.19. The van der Waals surface area contributed by atoms with Crippen LogP contribution < -0.4 is 0 Å². The highest BCUT2D eigenvalue weighted by atomic mass is 15.0. The Morgan fingerprint density at radius 2 is 1.16 bits per heavy atom. The zero-order chi connectivity index (χ0) is 38.8. The molecule has 0 amide bonds. The van der Waals surface area contributed by atoms with Gasteiger partial charge in [0, 0.05) is 16.7 Å². The maximum Gasteiger partial charge on any atom is 0.164 e. The summed E-state index contributed by atoms with van der Waals surface area (Å²) in [4.78, 5) is 15.3. The molecule has 58 heavy (non-hydrogen) atoms. The molecule has 1 spiro atoms. The van der Waals surface area contributed by atoms with E-state index in [0.29, 0.717) is 17.5 Å². The van der Waals surface area contributed by atoms with Crippen LogP contribution in [-0.4, -0.2) is 15.0 Å². The summed E-state index contributed by atoms with van der Waals surface area (Å²) in [5, 5.41) is 5.17. The number of hydrogen-bond donors (Lipinski definition) is 0. The van der Waals surface area contributed by atoms with Crippen molar-refractivity contribution in [2.45, 2.75) is 25.2 Å². The molecule has 1 aromatic heterocycles. The van der Waals surface area contributed by atoms with Crippen LogP contribution in [0.4, 0.5) is 0 Å². The summed E-state index contributed by atoms with van der Waals surface area (Å²) in [5.41, 5.74) is 15.1. The van der Waals surface area contributed by atoms with E-state index in [-0.39, 0.29) is 0 Å². The first kappa shape index (κ1) is 34.1. The third kappa shape index (κ3) is 4.90. The number of benzene rings is 7. The van der Waals surface area contributed by atoms with Crippen LogP contribution in [-0.2, 0) is 5.41 Å². The molecule has 1 unspecified atom stereocenters. The smallest absolute Gasteiger partial charge is 0.164 e. The van der Waals surface area contributed by atoms with E-state index in [4.69, 9.17) is 15.0 Å². The van der Waals surface area contributed by atoms with Gasteiger partial charge < -0.3 is 0 Å². The van der Waals surface area contributed by atoms with Gasteiger partial charge in [0.05, 0.1) is 5.41 Å². The van der Waals surface area contributed by atoms with Gasteiger partial charge in [-0.15, -0.1) is 0 Å². The number of aromatic nitrogens is 3. The van der Waals surface area contributed by atoms with E-state index in [1.54, 1.807) is 0 Å². The Balaban J connectivity index is 1.20. The monoisotopic (exact) mass is 741 g/mol. The highest BCUT2D eigenvalue weighted by Gasteiger charge is 2.54. The van der Waals surface area contributed by atoms with Gasteiger partial charge in [-0.1, -0.05) is 183 Å². The van der Waals surface area contributed by atoms with Gasteiger partial charge in [0.25, 0.3) is 0 Å². The van der Waals surface area contributed by atoms with E-state index < -0.39 is 5.41 Å². The molecule has 3 heteroatoms. The second-order valence-corrected chi connectivity index (χ2v) is 15.3. The first-order valence-electron chi connectivity index (χ1n) is 20.2. The van der Waals surface area contributed by atoms with Gasteiger partial charge in [-0.3, -0.25) is 0 Å². The fourth-order valence-electron chi connectivity index (χ4n) is 10.1.